The average Bonchev–Trinajstić information content (AvgIpc) is 2.94. The van der Waals surface area contributed by atoms with Gasteiger partial charge in [0.2, 0.25) is 0 Å². The lowest BCUT2D eigenvalue weighted by Gasteiger charge is -2.07. The summed E-state index contributed by atoms with van der Waals surface area (Å²) in [5.74, 6) is -1.23. The number of Topliss-reactive ketones (excluding diaryl/α,β-unsaturated/α-hetero) is 1. The summed E-state index contributed by atoms with van der Waals surface area (Å²) in [6.07, 6.45) is 1.51. The number of carbonyl (C=O) groups is 2. The van der Waals surface area contributed by atoms with Gasteiger partial charge in [-0.2, -0.15) is 0 Å². The van der Waals surface area contributed by atoms with E-state index in [1.54, 1.807) is 28.8 Å². The van der Waals surface area contributed by atoms with Crippen molar-refractivity contribution in [2.75, 3.05) is 0 Å². The third kappa shape index (κ3) is 3.16. The molecule has 0 saturated heterocycles. The molecule has 3 rings (SSSR count). The minimum absolute atomic E-state index is 0.0648. The molecule has 0 unspecified atom stereocenters. The second-order valence-corrected chi connectivity index (χ2v) is 6.16. The lowest BCUT2D eigenvalue weighted by Crippen LogP contribution is -2.08. The van der Waals surface area contributed by atoms with E-state index in [0.29, 0.717) is 21.3 Å². The van der Waals surface area contributed by atoms with Crippen molar-refractivity contribution in [1.82, 2.24) is 4.40 Å². The molecular weight excluding hydrogens is 349 g/mol. The van der Waals surface area contributed by atoms with E-state index in [9.17, 15) is 9.59 Å². The molecule has 0 aliphatic rings. The Balaban J connectivity index is 2.16. The number of benzene rings is 1. The Bertz CT molecular complexity index is 947. The third-order valence-corrected chi connectivity index (χ3v) is 4.48. The number of nitrogens with zero attached hydrogens (tertiary/aromatic N) is 1. The summed E-state index contributed by atoms with van der Waals surface area (Å²) in [5.41, 5.74) is 2.75. The van der Waals surface area contributed by atoms with Gasteiger partial charge in [0.15, 0.2) is 5.78 Å². The van der Waals surface area contributed by atoms with Gasteiger partial charge in [0.1, 0.15) is 0 Å². The highest BCUT2D eigenvalue weighted by atomic mass is 35.5. The van der Waals surface area contributed by atoms with Crippen LogP contribution in [0.25, 0.3) is 16.6 Å². The number of hydrogen-bond acceptors (Lipinski definition) is 2. The molecule has 2 aromatic heterocycles. The minimum atomic E-state index is -1.000. The molecular formula is C18H13Cl2NO3. The fraction of sp³-hybridized carbons (Fsp3) is 0.111. The summed E-state index contributed by atoms with van der Waals surface area (Å²) >= 11 is 12.1. The number of aromatic nitrogens is 1. The highest BCUT2D eigenvalue weighted by Gasteiger charge is 2.19. The number of carboxylic acid groups (broad SMARTS) is 1. The molecule has 0 atom stereocenters. The number of ketones is 1. The molecule has 6 heteroatoms. The maximum absolute atomic E-state index is 12.6. The summed E-state index contributed by atoms with van der Waals surface area (Å²) in [6, 6.07) is 12.6. The van der Waals surface area contributed by atoms with E-state index in [-0.39, 0.29) is 18.6 Å². The van der Waals surface area contributed by atoms with Crippen LogP contribution in [0, 0.1) is 0 Å². The molecule has 3 aromatic rings. The van der Waals surface area contributed by atoms with Gasteiger partial charge in [0, 0.05) is 23.7 Å². The van der Waals surface area contributed by atoms with Gasteiger partial charge in [0.05, 0.1) is 22.2 Å². The number of halogens is 2. The monoisotopic (exact) mass is 361 g/mol. The van der Waals surface area contributed by atoms with Gasteiger partial charge in [0.25, 0.3) is 0 Å². The number of fused-ring (bicyclic) bond motifs is 1. The molecule has 0 fully saturated rings. The topological polar surface area (TPSA) is 58.8 Å². The van der Waals surface area contributed by atoms with Crippen molar-refractivity contribution in [2.45, 2.75) is 12.8 Å². The lowest BCUT2D eigenvalue weighted by atomic mass is 10.0. The maximum atomic E-state index is 12.6. The van der Waals surface area contributed by atoms with Gasteiger partial charge in [-0.05, 0) is 35.9 Å². The molecule has 1 N–H and O–H groups in total. The molecule has 24 heavy (non-hydrogen) atoms. The SMILES string of the molecule is O=C(O)CCC(=O)c1c(-c2ccc(Cl)c(Cl)c2)cc2ccccn12. The molecule has 0 bridgehead atoms. The van der Waals surface area contributed by atoms with E-state index in [1.807, 2.05) is 24.3 Å². The van der Waals surface area contributed by atoms with Gasteiger partial charge in [-0.15, -0.1) is 0 Å². The van der Waals surface area contributed by atoms with Gasteiger partial charge in [-0.25, -0.2) is 0 Å². The van der Waals surface area contributed by atoms with Crippen LogP contribution in [-0.4, -0.2) is 21.3 Å². The zero-order valence-electron chi connectivity index (χ0n) is 12.5. The lowest BCUT2D eigenvalue weighted by molar-refractivity contribution is -0.136. The Hall–Kier alpha value is -2.30. The molecule has 0 saturated carbocycles. The van der Waals surface area contributed by atoms with Crippen LogP contribution >= 0.6 is 23.2 Å². The van der Waals surface area contributed by atoms with Gasteiger partial charge >= 0.3 is 5.97 Å². The van der Waals surface area contributed by atoms with E-state index in [1.165, 1.54) is 0 Å². The number of carbonyl (C=O) groups excluding carboxylic acids is 1. The second-order valence-electron chi connectivity index (χ2n) is 5.35. The highest BCUT2D eigenvalue weighted by molar-refractivity contribution is 6.42. The first-order valence-electron chi connectivity index (χ1n) is 7.28. The molecule has 0 aliphatic carbocycles. The molecule has 122 valence electrons. The van der Waals surface area contributed by atoms with Crippen molar-refractivity contribution in [2.24, 2.45) is 0 Å². The summed E-state index contributed by atoms with van der Waals surface area (Å²) in [5, 5.41) is 9.67. The van der Waals surface area contributed by atoms with E-state index in [0.717, 1.165) is 11.1 Å². The van der Waals surface area contributed by atoms with Crippen molar-refractivity contribution in [3.05, 3.63) is 64.4 Å². The van der Waals surface area contributed by atoms with E-state index >= 15 is 0 Å². The molecule has 4 nitrogen and oxygen atoms in total. The van der Waals surface area contributed by atoms with E-state index < -0.39 is 5.97 Å². The van der Waals surface area contributed by atoms with Crippen LogP contribution in [0.1, 0.15) is 23.3 Å². The Morgan fingerprint density at radius 1 is 1.00 bits per heavy atom. The zero-order chi connectivity index (χ0) is 17.3. The van der Waals surface area contributed by atoms with E-state index in [2.05, 4.69) is 0 Å². The van der Waals surface area contributed by atoms with Crippen molar-refractivity contribution in [1.29, 1.82) is 0 Å². The van der Waals surface area contributed by atoms with Crippen LogP contribution < -0.4 is 0 Å². The van der Waals surface area contributed by atoms with Crippen molar-refractivity contribution in [3.63, 3.8) is 0 Å². The van der Waals surface area contributed by atoms with Crippen molar-refractivity contribution in [3.8, 4) is 11.1 Å². The van der Waals surface area contributed by atoms with Crippen LogP contribution in [0.2, 0.25) is 10.0 Å². The van der Waals surface area contributed by atoms with Crippen LogP contribution in [0.3, 0.4) is 0 Å². The summed E-state index contributed by atoms with van der Waals surface area (Å²) in [7, 11) is 0. The molecule has 0 aliphatic heterocycles. The summed E-state index contributed by atoms with van der Waals surface area (Å²) in [6.45, 7) is 0. The fourth-order valence-electron chi connectivity index (χ4n) is 2.63. The largest absolute Gasteiger partial charge is 0.481 e. The smallest absolute Gasteiger partial charge is 0.303 e. The highest BCUT2D eigenvalue weighted by Crippen LogP contribution is 2.33. The minimum Gasteiger partial charge on any atom is -0.481 e. The predicted molar refractivity (Wildman–Crippen MR) is 94.1 cm³/mol. The third-order valence-electron chi connectivity index (χ3n) is 3.74. The summed E-state index contributed by atoms with van der Waals surface area (Å²) < 4.78 is 1.77. The summed E-state index contributed by atoms with van der Waals surface area (Å²) in [4.78, 5) is 23.4. The fourth-order valence-corrected chi connectivity index (χ4v) is 2.93. The van der Waals surface area contributed by atoms with Crippen LogP contribution in [0.15, 0.2) is 48.7 Å². The van der Waals surface area contributed by atoms with Crippen molar-refractivity contribution < 1.29 is 14.7 Å². The first-order valence-corrected chi connectivity index (χ1v) is 8.03. The molecule has 0 radical (unpaired) electrons. The van der Waals surface area contributed by atoms with E-state index in [4.69, 9.17) is 28.3 Å². The predicted octanol–water partition coefficient (Wildman–Crippen LogP) is 4.96. The standard InChI is InChI=1S/C18H13Cl2NO3/c19-14-5-4-11(9-15(14)20)13-10-12-3-1-2-8-21(12)18(13)16(22)6-7-17(23)24/h1-5,8-10H,6-7H2,(H,23,24). The number of pyridine rings is 1. The first-order chi connectivity index (χ1) is 11.5. The number of rotatable bonds is 5. The quantitative estimate of drug-likeness (QED) is 0.653. The maximum Gasteiger partial charge on any atom is 0.303 e. The Morgan fingerprint density at radius 2 is 1.79 bits per heavy atom. The van der Waals surface area contributed by atoms with Crippen LogP contribution in [0.4, 0.5) is 0 Å². The van der Waals surface area contributed by atoms with Gasteiger partial charge in [-0.3, -0.25) is 9.59 Å². The second kappa shape index (κ2) is 6.67. The molecule has 1 aromatic carbocycles. The first kappa shape index (κ1) is 16.6. The zero-order valence-corrected chi connectivity index (χ0v) is 14.0. The van der Waals surface area contributed by atoms with Gasteiger partial charge in [-0.1, -0.05) is 35.3 Å². The normalized spacial score (nSPS) is 10.9. The number of aliphatic carboxylic acids is 1. The van der Waals surface area contributed by atoms with Crippen molar-refractivity contribution >= 4 is 40.5 Å². The van der Waals surface area contributed by atoms with Crippen LogP contribution in [0.5, 0.6) is 0 Å². The Labute approximate surface area is 148 Å². The average molecular weight is 362 g/mol. The number of hydrogen-bond donors (Lipinski definition) is 1. The van der Waals surface area contributed by atoms with Crippen LogP contribution in [-0.2, 0) is 4.79 Å². The Morgan fingerprint density at radius 3 is 2.50 bits per heavy atom. The van der Waals surface area contributed by atoms with Gasteiger partial charge < -0.3 is 9.51 Å². The molecule has 0 amide bonds. The molecule has 2 heterocycles. The molecule has 0 spiro atoms. The number of carboxylic acids is 1. The Kier molecular flexibility index (Phi) is 4.60.